The predicted molar refractivity (Wildman–Crippen MR) is 138 cm³/mol. The molecule has 0 amide bonds. The Bertz CT molecular complexity index is 1130. The van der Waals surface area contributed by atoms with Gasteiger partial charge in [0.15, 0.2) is 0 Å². The first-order valence-corrected chi connectivity index (χ1v) is 11.4. The maximum absolute atomic E-state index is 7.19. The summed E-state index contributed by atoms with van der Waals surface area (Å²) in [6, 6.07) is 29.2. The van der Waals surface area contributed by atoms with Gasteiger partial charge >= 0.3 is 0 Å². The first-order valence-electron chi connectivity index (χ1n) is 11.0. The van der Waals surface area contributed by atoms with Crippen LogP contribution < -0.4 is 10.2 Å². The van der Waals surface area contributed by atoms with E-state index in [1.165, 1.54) is 0 Å². The van der Waals surface area contributed by atoms with Gasteiger partial charge in [-0.15, -0.1) is 0 Å². The summed E-state index contributed by atoms with van der Waals surface area (Å²) in [7, 11) is 8.25. The fourth-order valence-corrected chi connectivity index (χ4v) is 4.91. The Morgan fingerprint density at radius 3 is 1.91 bits per heavy atom. The molecule has 3 aromatic carbocycles. The second-order valence-corrected chi connectivity index (χ2v) is 8.90. The van der Waals surface area contributed by atoms with Crippen LogP contribution in [0.5, 0.6) is 0 Å². The van der Waals surface area contributed by atoms with Crippen molar-refractivity contribution in [2.45, 2.75) is 12.1 Å². The highest BCUT2D eigenvalue weighted by Crippen LogP contribution is 2.47. The van der Waals surface area contributed by atoms with Gasteiger partial charge in [-0.1, -0.05) is 72.3 Å². The number of halogens is 1. The normalized spacial score (nSPS) is 11.6. The molecule has 0 aliphatic rings. The van der Waals surface area contributed by atoms with Crippen molar-refractivity contribution in [3.8, 4) is 0 Å². The minimum absolute atomic E-state index is 0.590. The average molecular weight is 460 g/mol. The quantitative estimate of drug-likeness (QED) is 0.306. The number of nitrogens with zero attached hydrogens (tertiary/aromatic N) is 2. The zero-order valence-corrected chi connectivity index (χ0v) is 20.3. The number of nitrogens with one attached hydrogen (secondary N) is 1. The molecule has 0 atom stereocenters. The third kappa shape index (κ3) is 4.37. The molecule has 4 aromatic rings. The van der Waals surface area contributed by atoms with Crippen LogP contribution in [0.15, 0.2) is 95.6 Å². The fraction of sp³-hybridized carbons (Fsp3) is 0.214. The van der Waals surface area contributed by atoms with E-state index in [2.05, 4.69) is 89.9 Å². The summed E-state index contributed by atoms with van der Waals surface area (Å²) in [5.41, 5.74) is 4.65. The molecule has 4 rings (SSSR count). The Morgan fingerprint density at radius 1 is 0.818 bits per heavy atom. The molecule has 0 fully saturated rings. The summed E-state index contributed by atoms with van der Waals surface area (Å²) in [4.78, 5) is 4.30. The summed E-state index contributed by atoms with van der Waals surface area (Å²) in [5.74, 6) is 0.878. The smallest absolute Gasteiger partial charge is 0.122 e. The molecule has 0 saturated carbocycles. The Hall–Kier alpha value is -3.21. The highest BCUT2D eigenvalue weighted by molar-refractivity contribution is 6.34. The molecule has 1 aromatic heterocycles. The Balaban J connectivity index is 1.98. The molecule has 0 radical (unpaired) electrons. The minimum atomic E-state index is -0.591. The molecule has 33 heavy (non-hydrogen) atoms. The van der Waals surface area contributed by atoms with Crippen LogP contribution in [0.25, 0.3) is 0 Å². The van der Waals surface area contributed by atoms with E-state index in [-0.39, 0.29) is 0 Å². The van der Waals surface area contributed by atoms with Crippen LogP contribution in [0, 0.1) is 0 Å². The van der Waals surface area contributed by atoms with Gasteiger partial charge in [-0.25, -0.2) is 0 Å². The van der Waals surface area contributed by atoms with Gasteiger partial charge in [0, 0.05) is 25.3 Å². The number of benzene rings is 3. The Labute approximate surface area is 201 Å². The average Bonchev–Trinajstić information content (AvgIpc) is 3.34. The Kier molecular flexibility index (Phi) is 6.77. The summed E-state index contributed by atoms with van der Waals surface area (Å²) < 4.78 is 5.52. The van der Waals surface area contributed by atoms with E-state index in [0.29, 0.717) is 6.54 Å². The van der Waals surface area contributed by atoms with Crippen molar-refractivity contribution in [1.82, 2.24) is 4.90 Å². The van der Waals surface area contributed by atoms with Gasteiger partial charge in [-0.05, 0) is 49.5 Å². The molecule has 1 N–H and O–H groups in total. The molecular formula is C28H30ClN3O. The second-order valence-electron chi connectivity index (χ2n) is 8.52. The fourth-order valence-electron chi connectivity index (χ4n) is 4.50. The van der Waals surface area contributed by atoms with Crippen molar-refractivity contribution in [2.24, 2.45) is 0 Å². The van der Waals surface area contributed by atoms with Crippen LogP contribution in [0.1, 0.15) is 22.5 Å². The topological polar surface area (TPSA) is 31.6 Å². The van der Waals surface area contributed by atoms with Crippen LogP contribution in [0.3, 0.4) is 0 Å². The molecule has 170 valence electrons. The number of hydrogen-bond acceptors (Lipinski definition) is 4. The summed E-state index contributed by atoms with van der Waals surface area (Å²) in [5, 5.41) is 4.25. The van der Waals surface area contributed by atoms with Crippen molar-refractivity contribution in [1.29, 1.82) is 0 Å². The van der Waals surface area contributed by atoms with Crippen molar-refractivity contribution >= 4 is 23.0 Å². The summed E-state index contributed by atoms with van der Waals surface area (Å²) >= 11 is 7.19. The van der Waals surface area contributed by atoms with Gasteiger partial charge in [-0.3, -0.25) is 4.90 Å². The zero-order valence-electron chi connectivity index (χ0n) is 19.5. The summed E-state index contributed by atoms with van der Waals surface area (Å²) in [6.45, 7) is 0.590. The van der Waals surface area contributed by atoms with Crippen molar-refractivity contribution < 1.29 is 4.42 Å². The van der Waals surface area contributed by atoms with Crippen LogP contribution in [0.2, 0.25) is 5.02 Å². The lowest BCUT2D eigenvalue weighted by Gasteiger charge is -2.43. The maximum Gasteiger partial charge on any atom is 0.122 e. The van der Waals surface area contributed by atoms with Crippen molar-refractivity contribution in [3.05, 3.63) is 119 Å². The van der Waals surface area contributed by atoms with E-state index in [1.807, 2.05) is 38.4 Å². The molecule has 0 spiro atoms. The van der Waals surface area contributed by atoms with Crippen LogP contribution >= 0.6 is 11.6 Å². The number of hydrogen-bond donors (Lipinski definition) is 1. The SMILES string of the molecule is CN(C)c1cc(NCc2ccco2)cc(C(c2ccccc2)(c2ccccc2)N(C)C)c1Cl. The van der Waals surface area contributed by atoms with E-state index in [1.54, 1.807) is 6.26 Å². The molecule has 0 saturated heterocycles. The van der Waals surface area contributed by atoms with Gasteiger partial charge in [0.05, 0.1) is 29.1 Å². The van der Waals surface area contributed by atoms with Gasteiger partial charge in [0.25, 0.3) is 0 Å². The van der Waals surface area contributed by atoms with Crippen LogP contribution in [-0.2, 0) is 12.1 Å². The number of furan rings is 1. The minimum Gasteiger partial charge on any atom is -0.467 e. The predicted octanol–water partition coefficient (Wildman–Crippen LogP) is 6.46. The Morgan fingerprint density at radius 2 is 1.42 bits per heavy atom. The van der Waals surface area contributed by atoms with Gasteiger partial charge < -0.3 is 14.6 Å². The zero-order chi connectivity index (χ0) is 23.4. The van der Waals surface area contributed by atoms with E-state index < -0.39 is 5.54 Å². The first-order chi connectivity index (χ1) is 15.9. The van der Waals surface area contributed by atoms with E-state index in [9.17, 15) is 0 Å². The van der Waals surface area contributed by atoms with Crippen molar-refractivity contribution in [3.63, 3.8) is 0 Å². The molecule has 0 aliphatic carbocycles. The molecule has 1 heterocycles. The highest BCUT2D eigenvalue weighted by atomic mass is 35.5. The van der Waals surface area contributed by atoms with E-state index >= 15 is 0 Å². The monoisotopic (exact) mass is 459 g/mol. The van der Waals surface area contributed by atoms with Gasteiger partial charge in [0.2, 0.25) is 0 Å². The maximum atomic E-state index is 7.19. The molecule has 5 heteroatoms. The lowest BCUT2D eigenvalue weighted by Crippen LogP contribution is -2.44. The number of anilines is 2. The molecule has 0 aliphatic heterocycles. The van der Waals surface area contributed by atoms with Crippen molar-refractivity contribution in [2.75, 3.05) is 38.4 Å². The molecule has 4 nitrogen and oxygen atoms in total. The summed E-state index contributed by atoms with van der Waals surface area (Å²) in [6.07, 6.45) is 1.69. The highest BCUT2D eigenvalue weighted by Gasteiger charge is 2.41. The molecule has 0 unspecified atom stereocenters. The van der Waals surface area contributed by atoms with E-state index in [0.717, 1.165) is 38.8 Å². The largest absolute Gasteiger partial charge is 0.467 e. The lowest BCUT2D eigenvalue weighted by molar-refractivity contribution is 0.247. The second kappa shape index (κ2) is 9.74. The van der Waals surface area contributed by atoms with Gasteiger partial charge in [-0.2, -0.15) is 0 Å². The van der Waals surface area contributed by atoms with Crippen LogP contribution in [0.4, 0.5) is 11.4 Å². The first kappa shape index (κ1) is 23.0. The molecular weight excluding hydrogens is 430 g/mol. The number of rotatable bonds is 8. The van der Waals surface area contributed by atoms with Crippen LogP contribution in [-0.4, -0.2) is 33.1 Å². The standard InChI is InChI=1S/C28H30ClN3O/c1-31(2)26-19-23(30-20-24-16-11-17-33-24)18-25(27(26)29)28(32(3)4,21-12-7-5-8-13-21)22-14-9-6-10-15-22/h5-19,30H,20H2,1-4H3. The lowest BCUT2D eigenvalue weighted by atomic mass is 9.75. The third-order valence-corrected chi connectivity index (χ3v) is 6.42. The van der Waals surface area contributed by atoms with Gasteiger partial charge in [0.1, 0.15) is 5.76 Å². The molecule has 0 bridgehead atoms. The third-order valence-electron chi connectivity index (χ3n) is 6.03. The van der Waals surface area contributed by atoms with E-state index in [4.69, 9.17) is 16.0 Å².